The summed E-state index contributed by atoms with van der Waals surface area (Å²) < 4.78 is 11.3. The molecule has 0 unspecified atom stereocenters. The summed E-state index contributed by atoms with van der Waals surface area (Å²) >= 11 is 3.44. The van der Waals surface area contributed by atoms with Gasteiger partial charge in [0.25, 0.3) is 0 Å². The molecule has 0 amide bonds. The van der Waals surface area contributed by atoms with Crippen molar-refractivity contribution in [2.45, 2.75) is 32.9 Å². The van der Waals surface area contributed by atoms with Gasteiger partial charge in [-0.05, 0) is 54.9 Å². The Balaban J connectivity index is 2.14. The summed E-state index contributed by atoms with van der Waals surface area (Å²) in [6.07, 6.45) is 0. The number of hydrogen-bond donors (Lipinski definition) is 1. The number of hydrogen-bond acceptors (Lipinski definition) is 5. The lowest BCUT2D eigenvalue weighted by atomic mass is 10.1. The minimum Gasteiger partial charge on any atom is -0.496 e. The number of methoxy groups -OCH3 is 1. The summed E-state index contributed by atoms with van der Waals surface area (Å²) in [6.45, 7) is 6.81. The van der Waals surface area contributed by atoms with Crippen molar-refractivity contribution in [2.75, 3.05) is 7.11 Å². The lowest BCUT2D eigenvalue weighted by Crippen LogP contribution is -2.35. The summed E-state index contributed by atoms with van der Waals surface area (Å²) in [4.78, 5) is 4.38. The molecule has 0 aliphatic heterocycles. The van der Waals surface area contributed by atoms with Crippen LogP contribution in [-0.4, -0.2) is 22.8 Å². The van der Waals surface area contributed by atoms with E-state index >= 15 is 0 Å². The van der Waals surface area contributed by atoms with E-state index in [9.17, 15) is 0 Å². The Bertz CT molecular complexity index is 590. The van der Waals surface area contributed by atoms with Gasteiger partial charge in [0.2, 0.25) is 11.7 Å². The first kappa shape index (κ1) is 15.0. The van der Waals surface area contributed by atoms with Crippen LogP contribution in [0.1, 0.15) is 26.7 Å². The van der Waals surface area contributed by atoms with Crippen molar-refractivity contribution in [3.8, 4) is 17.1 Å². The van der Waals surface area contributed by atoms with E-state index in [1.807, 2.05) is 18.2 Å². The highest BCUT2D eigenvalue weighted by molar-refractivity contribution is 9.10. The Kier molecular flexibility index (Phi) is 4.45. The van der Waals surface area contributed by atoms with Crippen LogP contribution in [0.4, 0.5) is 0 Å². The first-order chi connectivity index (χ1) is 9.39. The van der Waals surface area contributed by atoms with Crippen molar-refractivity contribution in [1.82, 2.24) is 15.5 Å². The lowest BCUT2D eigenvalue weighted by molar-refractivity contribution is 0.336. The highest BCUT2D eigenvalue weighted by atomic mass is 79.9. The fraction of sp³-hybridized carbons (Fsp3) is 0.429. The number of benzene rings is 1. The molecule has 2 aromatic rings. The monoisotopic (exact) mass is 339 g/mol. The average molecular weight is 340 g/mol. The van der Waals surface area contributed by atoms with Crippen molar-refractivity contribution in [2.24, 2.45) is 0 Å². The van der Waals surface area contributed by atoms with Crippen LogP contribution in [0.25, 0.3) is 11.4 Å². The van der Waals surface area contributed by atoms with Crippen molar-refractivity contribution in [3.63, 3.8) is 0 Å². The van der Waals surface area contributed by atoms with Crippen LogP contribution in [0.15, 0.2) is 27.2 Å². The van der Waals surface area contributed by atoms with Gasteiger partial charge in [0.05, 0.1) is 18.1 Å². The van der Waals surface area contributed by atoms with E-state index in [1.165, 1.54) is 0 Å². The molecule has 1 heterocycles. The minimum absolute atomic E-state index is 0.0117. The van der Waals surface area contributed by atoms with Gasteiger partial charge in [0.15, 0.2) is 0 Å². The number of ether oxygens (including phenoxy) is 1. The number of rotatable bonds is 4. The molecule has 1 aromatic carbocycles. The van der Waals surface area contributed by atoms with Gasteiger partial charge < -0.3 is 14.6 Å². The number of nitrogens with zero attached hydrogens (tertiary/aromatic N) is 2. The van der Waals surface area contributed by atoms with Gasteiger partial charge in [-0.3, -0.25) is 0 Å². The number of nitrogens with one attached hydrogen (secondary N) is 1. The molecule has 1 N–H and O–H groups in total. The number of halogens is 1. The second-order valence-electron chi connectivity index (χ2n) is 5.46. The van der Waals surface area contributed by atoms with Crippen LogP contribution in [0.5, 0.6) is 5.75 Å². The van der Waals surface area contributed by atoms with E-state index in [0.29, 0.717) is 18.3 Å². The third-order valence-corrected chi connectivity index (χ3v) is 3.27. The smallest absolute Gasteiger partial charge is 0.240 e. The van der Waals surface area contributed by atoms with Crippen LogP contribution in [-0.2, 0) is 6.54 Å². The zero-order valence-corrected chi connectivity index (χ0v) is 13.6. The van der Waals surface area contributed by atoms with E-state index < -0.39 is 0 Å². The highest BCUT2D eigenvalue weighted by Gasteiger charge is 2.14. The fourth-order valence-corrected chi connectivity index (χ4v) is 2.13. The molecule has 0 saturated carbocycles. The molecule has 0 aliphatic carbocycles. The molecular weight excluding hydrogens is 322 g/mol. The van der Waals surface area contributed by atoms with Crippen LogP contribution < -0.4 is 10.1 Å². The molecule has 0 radical (unpaired) electrons. The lowest BCUT2D eigenvalue weighted by Gasteiger charge is -2.18. The highest BCUT2D eigenvalue weighted by Crippen LogP contribution is 2.29. The molecule has 0 atom stereocenters. The summed E-state index contributed by atoms with van der Waals surface area (Å²) in [7, 11) is 1.63. The Morgan fingerprint density at radius 1 is 1.35 bits per heavy atom. The van der Waals surface area contributed by atoms with E-state index in [4.69, 9.17) is 9.26 Å². The van der Waals surface area contributed by atoms with Crippen LogP contribution in [0.2, 0.25) is 0 Å². The van der Waals surface area contributed by atoms with E-state index in [0.717, 1.165) is 15.8 Å². The van der Waals surface area contributed by atoms with Gasteiger partial charge in [-0.1, -0.05) is 5.16 Å². The molecule has 0 aliphatic rings. The second kappa shape index (κ2) is 5.93. The Hall–Kier alpha value is -1.40. The SMILES string of the molecule is COc1ccc(-c2noc(CNC(C)(C)C)n2)cc1Br. The molecule has 0 fully saturated rings. The van der Waals surface area contributed by atoms with Gasteiger partial charge in [0.1, 0.15) is 5.75 Å². The van der Waals surface area contributed by atoms with Crippen molar-refractivity contribution in [1.29, 1.82) is 0 Å². The van der Waals surface area contributed by atoms with E-state index in [1.54, 1.807) is 7.11 Å². The summed E-state index contributed by atoms with van der Waals surface area (Å²) in [6, 6.07) is 5.67. The molecule has 20 heavy (non-hydrogen) atoms. The van der Waals surface area contributed by atoms with Crippen LogP contribution >= 0.6 is 15.9 Å². The molecule has 0 spiro atoms. The first-order valence-electron chi connectivity index (χ1n) is 6.30. The Morgan fingerprint density at radius 2 is 2.10 bits per heavy atom. The standard InChI is InChI=1S/C14H18BrN3O2/c1-14(2,3)16-8-12-17-13(18-20-12)9-5-6-11(19-4)10(15)7-9/h5-7,16H,8H2,1-4H3. The maximum atomic E-state index is 5.24. The van der Waals surface area contributed by atoms with E-state index in [2.05, 4.69) is 52.2 Å². The molecule has 1 aromatic heterocycles. The van der Waals surface area contributed by atoms with Gasteiger partial charge in [-0.2, -0.15) is 4.98 Å². The van der Waals surface area contributed by atoms with Gasteiger partial charge >= 0.3 is 0 Å². The molecule has 0 saturated heterocycles. The zero-order chi connectivity index (χ0) is 14.8. The van der Waals surface area contributed by atoms with Gasteiger partial charge in [-0.25, -0.2) is 0 Å². The van der Waals surface area contributed by atoms with Crippen molar-refractivity contribution in [3.05, 3.63) is 28.6 Å². The summed E-state index contributed by atoms with van der Waals surface area (Å²) in [5.74, 6) is 1.91. The first-order valence-corrected chi connectivity index (χ1v) is 7.10. The van der Waals surface area contributed by atoms with Gasteiger partial charge in [-0.15, -0.1) is 0 Å². The molecule has 6 heteroatoms. The summed E-state index contributed by atoms with van der Waals surface area (Å²) in [5.41, 5.74) is 0.890. The van der Waals surface area contributed by atoms with Crippen LogP contribution in [0, 0.1) is 0 Å². The Morgan fingerprint density at radius 3 is 2.70 bits per heavy atom. The molecule has 2 rings (SSSR count). The molecule has 5 nitrogen and oxygen atoms in total. The quantitative estimate of drug-likeness (QED) is 0.924. The topological polar surface area (TPSA) is 60.2 Å². The molecule has 108 valence electrons. The number of aromatic nitrogens is 2. The molecule has 0 bridgehead atoms. The Labute approximate surface area is 126 Å². The zero-order valence-electron chi connectivity index (χ0n) is 12.0. The largest absolute Gasteiger partial charge is 0.496 e. The predicted octanol–water partition coefficient (Wildman–Crippen LogP) is 3.40. The van der Waals surface area contributed by atoms with E-state index in [-0.39, 0.29) is 5.54 Å². The predicted molar refractivity (Wildman–Crippen MR) is 80.6 cm³/mol. The third-order valence-electron chi connectivity index (χ3n) is 2.65. The van der Waals surface area contributed by atoms with Crippen LogP contribution in [0.3, 0.4) is 0 Å². The second-order valence-corrected chi connectivity index (χ2v) is 6.32. The minimum atomic E-state index is 0.0117. The van der Waals surface area contributed by atoms with Gasteiger partial charge in [0, 0.05) is 11.1 Å². The normalized spacial score (nSPS) is 11.7. The maximum absolute atomic E-state index is 5.24. The maximum Gasteiger partial charge on any atom is 0.240 e. The molecular formula is C14H18BrN3O2. The third kappa shape index (κ3) is 3.80. The fourth-order valence-electron chi connectivity index (χ4n) is 1.59. The average Bonchev–Trinajstić information content (AvgIpc) is 2.84. The van der Waals surface area contributed by atoms with Crippen molar-refractivity contribution < 1.29 is 9.26 Å². The summed E-state index contributed by atoms with van der Waals surface area (Å²) in [5, 5.41) is 7.30. The van der Waals surface area contributed by atoms with Crippen molar-refractivity contribution >= 4 is 15.9 Å².